The van der Waals surface area contributed by atoms with Gasteiger partial charge >= 0.3 is 6.18 Å². The third kappa shape index (κ3) is 2.56. The van der Waals surface area contributed by atoms with Crippen molar-refractivity contribution in [3.63, 3.8) is 0 Å². The van der Waals surface area contributed by atoms with Gasteiger partial charge in [0.15, 0.2) is 0 Å². The molecule has 0 radical (unpaired) electrons. The molecule has 0 aromatic carbocycles. The molecule has 1 atom stereocenters. The van der Waals surface area contributed by atoms with Crippen LogP contribution in [0.3, 0.4) is 0 Å². The number of hydrogen-bond acceptors (Lipinski definition) is 3. The second kappa shape index (κ2) is 4.47. The van der Waals surface area contributed by atoms with Crippen molar-refractivity contribution < 1.29 is 17.9 Å². The van der Waals surface area contributed by atoms with Crippen LogP contribution in [0.2, 0.25) is 0 Å². The number of nitrogens with zero attached hydrogens (tertiary/aromatic N) is 1. The number of aromatic nitrogens is 1. The van der Waals surface area contributed by atoms with E-state index < -0.39 is 11.9 Å². The van der Waals surface area contributed by atoms with Crippen LogP contribution < -0.4 is 10.5 Å². The molecule has 0 spiro atoms. The molecule has 3 nitrogen and oxygen atoms in total. The Hall–Kier alpha value is -1.01. The molecule has 0 fully saturated rings. The average Bonchev–Trinajstić information content (AvgIpc) is 2.15. The molecule has 90 valence electrons. The molecule has 0 saturated carbocycles. The summed E-state index contributed by atoms with van der Waals surface area (Å²) in [6.45, 7) is 0.319. The zero-order valence-electron chi connectivity index (χ0n) is 8.12. The normalized spacial score (nSPS) is 19.4. The van der Waals surface area contributed by atoms with Crippen LogP contribution in [-0.4, -0.2) is 17.6 Å². The summed E-state index contributed by atoms with van der Waals surface area (Å²) in [6, 6.07) is 1.92. The van der Waals surface area contributed by atoms with E-state index in [4.69, 9.17) is 10.5 Å². The van der Waals surface area contributed by atoms with Gasteiger partial charge < -0.3 is 10.5 Å². The van der Waals surface area contributed by atoms with Gasteiger partial charge in [-0.25, -0.2) is 4.98 Å². The lowest BCUT2D eigenvalue weighted by atomic mass is 10.1. The maximum absolute atomic E-state index is 12.3. The third-order valence-corrected chi connectivity index (χ3v) is 2.13. The molecule has 1 aliphatic rings. The van der Waals surface area contributed by atoms with Gasteiger partial charge in [0.2, 0.25) is 0 Å². The zero-order valence-corrected chi connectivity index (χ0v) is 8.94. The van der Waals surface area contributed by atoms with Crippen molar-refractivity contribution in [2.75, 3.05) is 6.61 Å². The van der Waals surface area contributed by atoms with Crippen molar-refractivity contribution >= 4 is 12.4 Å². The number of halogens is 4. The lowest BCUT2D eigenvalue weighted by molar-refractivity contribution is -0.141. The molecular weight excluding hydrogens is 245 g/mol. The van der Waals surface area contributed by atoms with Crippen LogP contribution >= 0.6 is 12.4 Å². The topological polar surface area (TPSA) is 48.1 Å². The fraction of sp³-hybridized carbons (Fsp3) is 0.444. The summed E-state index contributed by atoms with van der Waals surface area (Å²) < 4.78 is 42.1. The predicted octanol–water partition coefficient (Wildman–Crippen LogP) is 1.78. The molecule has 1 unspecified atom stereocenters. The molecule has 1 aliphatic heterocycles. The molecule has 2 heterocycles. The van der Waals surface area contributed by atoms with E-state index in [1.807, 2.05) is 0 Å². The van der Waals surface area contributed by atoms with E-state index in [0.29, 0.717) is 18.8 Å². The quantitative estimate of drug-likeness (QED) is 0.768. The fourth-order valence-electron chi connectivity index (χ4n) is 1.43. The van der Waals surface area contributed by atoms with Gasteiger partial charge in [0.1, 0.15) is 18.1 Å². The van der Waals surface area contributed by atoms with Crippen molar-refractivity contribution in [3.8, 4) is 5.75 Å². The highest BCUT2D eigenvalue weighted by Crippen LogP contribution is 2.31. The highest BCUT2D eigenvalue weighted by atomic mass is 35.5. The molecule has 1 aromatic heterocycles. The van der Waals surface area contributed by atoms with Crippen LogP contribution in [0.1, 0.15) is 11.4 Å². The first-order valence-electron chi connectivity index (χ1n) is 4.42. The Labute approximate surface area is 96.2 Å². The maximum atomic E-state index is 12.3. The predicted molar refractivity (Wildman–Crippen MR) is 53.7 cm³/mol. The number of alkyl halides is 3. The van der Waals surface area contributed by atoms with Gasteiger partial charge in [-0.2, -0.15) is 13.2 Å². The van der Waals surface area contributed by atoms with Crippen molar-refractivity contribution in [2.24, 2.45) is 5.73 Å². The fourth-order valence-corrected chi connectivity index (χ4v) is 1.43. The first-order valence-corrected chi connectivity index (χ1v) is 4.42. The van der Waals surface area contributed by atoms with Crippen molar-refractivity contribution in [1.82, 2.24) is 4.98 Å². The largest absolute Gasteiger partial charge is 0.490 e. The highest BCUT2D eigenvalue weighted by molar-refractivity contribution is 5.85. The molecular formula is C9H10ClF3N2O. The second-order valence-corrected chi connectivity index (χ2v) is 3.41. The zero-order chi connectivity index (χ0) is 11.1. The number of rotatable bonds is 0. The summed E-state index contributed by atoms with van der Waals surface area (Å²) in [5, 5.41) is 0. The van der Waals surface area contributed by atoms with E-state index in [0.717, 1.165) is 6.07 Å². The number of nitrogens with two attached hydrogens (primary N) is 1. The van der Waals surface area contributed by atoms with Gasteiger partial charge in [-0.05, 0) is 12.1 Å². The van der Waals surface area contributed by atoms with E-state index in [9.17, 15) is 13.2 Å². The lowest BCUT2D eigenvalue weighted by Gasteiger charge is -2.22. The highest BCUT2D eigenvalue weighted by Gasteiger charge is 2.33. The van der Waals surface area contributed by atoms with Crippen LogP contribution in [0.15, 0.2) is 12.1 Å². The van der Waals surface area contributed by atoms with Crippen molar-refractivity contribution in [3.05, 3.63) is 23.5 Å². The Morgan fingerprint density at radius 1 is 1.38 bits per heavy atom. The summed E-state index contributed by atoms with van der Waals surface area (Å²) in [5.41, 5.74) is 4.94. The molecule has 7 heteroatoms. The van der Waals surface area contributed by atoms with Gasteiger partial charge in [0.05, 0.1) is 5.69 Å². The van der Waals surface area contributed by atoms with Crippen LogP contribution in [-0.2, 0) is 12.6 Å². The molecule has 2 N–H and O–H groups in total. The summed E-state index contributed by atoms with van der Waals surface area (Å²) in [7, 11) is 0. The Kier molecular flexibility index (Phi) is 3.64. The third-order valence-electron chi connectivity index (χ3n) is 2.13. The Morgan fingerprint density at radius 2 is 2.06 bits per heavy atom. The summed E-state index contributed by atoms with van der Waals surface area (Å²) in [4.78, 5) is 3.50. The van der Waals surface area contributed by atoms with Crippen molar-refractivity contribution in [2.45, 2.75) is 18.6 Å². The van der Waals surface area contributed by atoms with E-state index in [1.54, 1.807) is 0 Å². The smallest absolute Gasteiger partial charge is 0.433 e. The maximum Gasteiger partial charge on any atom is 0.433 e. The molecule has 0 amide bonds. The lowest BCUT2D eigenvalue weighted by Crippen LogP contribution is -2.34. The number of hydrogen-bond donors (Lipinski definition) is 1. The Morgan fingerprint density at radius 3 is 2.69 bits per heavy atom. The van der Waals surface area contributed by atoms with Gasteiger partial charge in [-0.3, -0.25) is 0 Å². The molecule has 0 aliphatic carbocycles. The average molecular weight is 255 g/mol. The molecule has 2 rings (SSSR count). The van der Waals surface area contributed by atoms with E-state index in [-0.39, 0.29) is 24.1 Å². The van der Waals surface area contributed by atoms with E-state index >= 15 is 0 Å². The Balaban J connectivity index is 0.00000128. The minimum Gasteiger partial charge on any atom is -0.490 e. The minimum absolute atomic E-state index is 0. The van der Waals surface area contributed by atoms with E-state index in [1.165, 1.54) is 6.07 Å². The van der Waals surface area contributed by atoms with E-state index in [2.05, 4.69) is 4.98 Å². The van der Waals surface area contributed by atoms with Gasteiger partial charge in [-0.1, -0.05) is 0 Å². The summed E-state index contributed by atoms with van der Waals surface area (Å²) in [6.07, 6.45) is -4.10. The summed E-state index contributed by atoms with van der Waals surface area (Å²) in [5.74, 6) is 0.393. The number of fused-ring (bicyclic) bond motifs is 1. The van der Waals surface area contributed by atoms with Gasteiger partial charge in [-0.15, -0.1) is 12.4 Å². The summed E-state index contributed by atoms with van der Waals surface area (Å²) >= 11 is 0. The number of ether oxygens (including phenoxy) is 1. The SMILES string of the molecule is Cl.NC1COc2ccc(C(F)(F)F)nc2C1. The minimum atomic E-state index is -4.42. The van der Waals surface area contributed by atoms with Crippen LogP contribution in [0.25, 0.3) is 0 Å². The molecule has 0 bridgehead atoms. The molecule has 0 saturated heterocycles. The van der Waals surface area contributed by atoms with Crippen molar-refractivity contribution in [1.29, 1.82) is 0 Å². The first kappa shape index (κ1) is 13.1. The standard InChI is InChI=1S/C9H9F3N2O.ClH/c10-9(11,12)8-2-1-7-6(14-8)3-5(13)4-15-7;/h1-2,5H,3-4,13H2;1H. The van der Waals surface area contributed by atoms with Gasteiger partial charge in [0, 0.05) is 12.5 Å². The second-order valence-electron chi connectivity index (χ2n) is 3.41. The molecule has 16 heavy (non-hydrogen) atoms. The van der Waals surface area contributed by atoms with Crippen LogP contribution in [0.4, 0.5) is 13.2 Å². The van der Waals surface area contributed by atoms with Gasteiger partial charge in [0.25, 0.3) is 0 Å². The monoisotopic (exact) mass is 254 g/mol. The molecule has 1 aromatic rings. The first-order chi connectivity index (χ1) is 6.97. The van der Waals surface area contributed by atoms with Crippen LogP contribution in [0.5, 0.6) is 5.75 Å². The Bertz CT molecular complexity index is 384. The number of pyridine rings is 1. The van der Waals surface area contributed by atoms with Crippen LogP contribution in [0, 0.1) is 0 Å².